The summed E-state index contributed by atoms with van der Waals surface area (Å²) >= 11 is 0. The molecule has 0 saturated carbocycles. The Balaban J connectivity index is 2.08. The van der Waals surface area contributed by atoms with Gasteiger partial charge in [-0.1, -0.05) is 29.8 Å². The number of rotatable bonds is 5. The smallest absolute Gasteiger partial charge is 0.381 e. The summed E-state index contributed by atoms with van der Waals surface area (Å²) in [5.74, 6) is 0.634. The summed E-state index contributed by atoms with van der Waals surface area (Å²) in [5.41, 5.74) is 4.89. The van der Waals surface area contributed by atoms with E-state index in [0.29, 0.717) is 5.75 Å². The number of nitrogens with zero attached hydrogens (tertiary/aromatic N) is 2. The maximum atomic E-state index is 13.2. The summed E-state index contributed by atoms with van der Waals surface area (Å²) in [7, 11) is -0.209. The summed E-state index contributed by atoms with van der Waals surface area (Å²) in [4.78, 5) is 0. The van der Waals surface area contributed by atoms with Crippen molar-refractivity contribution in [3.63, 3.8) is 0 Å². The first-order valence-electron chi connectivity index (χ1n) is 8.74. The van der Waals surface area contributed by atoms with E-state index in [1.807, 2.05) is 27.0 Å². The van der Waals surface area contributed by atoms with Crippen LogP contribution in [0.2, 0.25) is 0 Å². The maximum absolute atomic E-state index is 13.2. The molecule has 0 aliphatic heterocycles. The van der Waals surface area contributed by atoms with Gasteiger partial charge in [0.15, 0.2) is 0 Å². The van der Waals surface area contributed by atoms with Gasteiger partial charge in [0.2, 0.25) is 0 Å². The van der Waals surface area contributed by atoms with Crippen LogP contribution in [0.4, 0.5) is 0 Å². The van der Waals surface area contributed by atoms with E-state index in [1.165, 1.54) is 0 Å². The molecule has 0 N–H and O–H groups in total. The predicted molar refractivity (Wildman–Crippen MR) is 105 cm³/mol. The molecule has 0 unspecified atom stereocenters. The maximum Gasteiger partial charge on any atom is 0.381 e. The van der Waals surface area contributed by atoms with E-state index in [9.17, 15) is 8.42 Å². The minimum atomic E-state index is -3.56. The van der Waals surface area contributed by atoms with Crippen molar-refractivity contribution in [3.8, 4) is 11.4 Å². The molecular weight excluding hydrogens is 360 g/mol. The third kappa shape index (κ3) is 3.76. The highest BCUT2D eigenvalue weighted by atomic mass is 32.2. The van der Waals surface area contributed by atoms with Gasteiger partial charge in [-0.25, -0.2) is 13.0 Å². The Kier molecular flexibility index (Phi) is 5.11. The zero-order chi connectivity index (χ0) is 19.8. The van der Waals surface area contributed by atoms with E-state index in [1.54, 1.807) is 53.8 Å². The Morgan fingerprint density at radius 2 is 1.63 bits per heavy atom. The van der Waals surface area contributed by atoms with E-state index >= 15 is 0 Å². The van der Waals surface area contributed by atoms with Crippen LogP contribution in [-0.2, 0) is 22.6 Å². The van der Waals surface area contributed by atoms with Crippen molar-refractivity contribution in [1.29, 1.82) is 0 Å². The summed E-state index contributed by atoms with van der Waals surface area (Å²) in [6, 6.07) is 11.3. The zero-order valence-corrected chi connectivity index (χ0v) is 17.2. The van der Waals surface area contributed by atoms with Gasteiger partial charge >= 0.3 is 5.16 Å². The molecule has 0 fully saturated rings. The van der Waals surface area contributed by atoms with Crippen LogP contribution in [-0.4, -0.2) is 20.1 Å². The quantitative estimate of drug-likeness (QED) is 0.634. The highest BCUT2D eigenvalue weighted by Crippen LogP contribution is 2.25. The lowest BCUT2D eigenvalue weighted by Crippen LogP contribution is -2.35. The lowest BCUT2D eigenvalue weighted by Gasteiger charge is -2.10. The first-order valence-corrected chi connectivity index (χ1v) is 10.4. The van der Waals surface area contributed by atoms with E-state index < -0.39 is 9.84 Å². The van der Waals surface area contributed by atoms with E-state index in [4.69, 9.17) is 4.74 Å². The number of aryl methyl sites for hydroxylation is 4. The number of hydrogen-bond donors (Lipinski definition) is 0. The minimum Gasteiger partial charge on any atom is -0.497 e. The van der Waals surface area contributed by atoms with Gasteiger partial charge in [-0.3, -0.25) is 0 Å². The number of hydrogen-bond acceptors (Lipinski definition) is 3. The average Bonchev–Trinajstić information content (AvgIpc) is 2.96. The number of benzene rings is 2. The second kappa shape index (κ2) is 7.19. The molecule has 0 bridgehead atoms. The Bertz CT molecular complexity index is 1060. The lowest BCUT2D eigenvalue weighted by atomic mass is 10.1. The van der Waals surface area contributed by atoms with Crippen molar-refractivity contribution in [2.45, 2.75) is 31.7 Å². The SMILES string of the molecule is COc1ccc(CS(=O)(=O)c2n(-c3c(C)cc(C)cc3C)cc[n+]2C)cc1. The van der Waals surface area contributed by atoms with Crippen LogP contribution in [0, 0.1) is 20.8 Å². The zero-order valence-electron chi connectivity index (χ0n) is 16.4. The molecule has 0 aliphatic carbocycles. The van der Waals surface area contributed by atoms with Gasteiger partial charge in [0.25, 0.3) is 9.84 Å². The van der Waals surface area contributed by atoms with Crippen LogP contribution < -0.4 is 9.30 Å². The molecule has 142 valence electrons. The van der Waals surface area contributed by atoms with E-state index in [-0.39, 0.29) is 10.9 Å². The van der Waals surface area contributed by atoms with Crippen molar-refractivity contribution >= 4 is 9.84 Å². The van der Waals surface area contributed by atoms with Gasteiger partial charge in [-0.2, -0.15) is 4.57 Å². The third-order valence-corrected chi connectivity index (χ3v) is 6.37. The molecule has 6 heteroatoms. The molecule has 2 aromatic carbocycles. The van der Waals surface area contributed by atoms with Gasteiger partial charge in [0.1, 0.15) is 23.8 Å². The number of imidazole rings is 1. The molecule has 1 heterocycles. The summed E-state index contributed by atoms with van der Waals surface area (Å²) < 4.78 is 35.1. The Hall–Kier alpha value is -2.60. The van der Waals surface area contributed by atoms with Gasteiger partial charge in [-0.05, 0) is 49.6 Å². The van der Waals surface area contributed by atoms with Gasteiger partial charge in [0, 0.05) is 0 Å². The molecule has 0 aliphatic rings. The molecule has 0 saturated heterocycles. The number of ether oxygens (including phenoxy) is 1. The standard InChI is InChI=1S/C21H25N2O3S/c1-15-12-16(2)20(17(3)13-15)23-11-10-22(4)21(23)27(24,25)14-18-6-8-19(26-5)9-7-18/h6-13H,14H2,1-5H3/q+1. The third-order valence-electron chi connectivity index (χ3n) is 4.62. The summed E-state index contributed by atoms with van der Waals surface area (Å²) in [6.07, 6.45) is 3.59. The largest absolute Gasteiger partial charge is 0.497 e. The molecule has 5 nitrogen and oxygen atoms in total. The first-order chi connectivity index (χ1) is 12.7. The van der Waals surface area contributed by atoms with Gasteiger partial charge < -0.3 is 4.74 Å². The number of aromatic nitrogens is 2. The Morgan fingerprint density at radius 3 is 2.19 bits per heavy atom. The van der Waals surface area contributed by atoms with Crippen LogP contribution in [0.5, 0.6) is 5.75 Å². The monoisotopic (exact) mass is 385 g/mol. The molecule has 27 heavy (non-hydrogen) atoms. The second-order valence-electron chi connectivity index (χ2n) is 6.92. The fourth-order valence-electron chi connectivity index (χ4n) is 3.56. The van der Waals surface area contributed by atoms with E-state index in [2.05, 4.69) is 12.1 Å². The van der Waals surface area contributed by atoms with Gasteiger partial charge in [-0.15, -0.1) is 0 Å². The van der Waals surface area contributed by atoms with Crippen molar-refractivity contribution in [2.24, 2.45) is 7.05 Å². The fraction of sp³-hybridized carbons (Fsp3) is 0.286. The number of methoxy groups -OCH3 is 1. The molecular formula is C21H25N2O3S+. The number of sulfone groups is 1. The van der Waals surface area contributed by atoms with Crippen LogP contribution in [0.3, 0.4) is 0 Å². The van der Waals surface area contributed by atoms with Crippen molar-refractivity contribution in [1.82, 2.24) is 4.57 Å². The Labute approximate surface area is 160 Å². The molecule has 0 atom stereocenters. The Morgan fingerprint density at radius 1 is 1.04 bits per heavy atom. The minimum absolute atomic E-state index is 0.0706. The normalized spacial score (nSPS) is 11.6. The van der Waals surface area contributed by atoms with Crippen LogP contribution >= 0.6 is 0 Å². The summed E-state index contributed by atoms with van der Waals surface area (Å²) in [6.45, 7) is 6.06. The highest BCUT2D eigenvalue weighted by molar-refractivity contribution is 7.90. The molecule has 3 rings (SSSR count). The van der Waals surface area contributed by atoms with Crippen molar-refractivity contribution in [3.05, 3.63) is 71.0 Å². The van der Waals surface area contributed by atoms with Crippen LogP contribution in [0.1, 0.15) is 22.3 Å². The summed E-state index contributed by atoms with van der Waals surface area (Å²) in [5, 5.41) is 0.272. The highest BCUT2D eigenvalue weighted by Gasteiger charge is 2.32. The van der Waals surface area contributed by atoms with Crippen LogP contribution in [0.25, 0.3) is 5.69 Å². The van der Waals surface area contributed by atoms with Gasteiger partial charge in [0.05, 0.1) is 19.9 Å². The lowest BCUT2D eigenvalue weighted by molar-refractivity contribution is -0.709. The predicted octanol–water partition coefficient (Wildman–Crippen LogP) is 3.21. The topological polar surface area (TPSA) is 52.2 Å². The van der Waals surface area contributed by atoms with Crippen molar-refractivity contribution < 1.29 is 17.7 Å². The average molecular weight is 386 g/mol. The fourth-order valence-corrected chi connectivity index (χ4v) is 5.27. The van der Waals surface area contributed by atoms with Crippen LogP contribution in [0.15, 0.2) is 53.9 Å². The van der Waals surface area contributed by atoms with E-state index in [0.717, 1.165) is 27.9 Å². The molecule has 0 radical (unpaired) electrons. The molecule has 1 aromatic heterocycles. The molecule has 3 aromatic rings. The molecule has 0 spiro atoms. The second-order valence-corrected chi connectivity index (χ2v) is 8.80. The first kappa shape index (κ1) is 19.2. The molecule has 0 amide bonds. The van der Waals surface area contributed by atoms with Crippen molar-refractivity contribution in [2.75, 3.05) is 7.11 Å².